The lowest BCUT2D eigenvalue weighted by molar-refractivity contribution is -0.126. The summed E-state index contributed by atoms with van der Waals surface area (Å²) in [5, 5.41) is 7.74. The van der Waals surface area contributed by atoms with Gasteiger partial charge in [0.25, 0.3) is 5.91 Å². The number of amides is 3. The molecule has 6 nitrogen and oxygen atoms in total. The van der Waals surface area contributed by atoms with E-state index < -0.39 is 6.04 Å². The first-order chi connectivity index (χ1) is 16.9. The van der Waals surface area contributed by atoms with Crippen LogP contribution in [0.25, 0.3) is 0 Å². The zero-order chi connectivity index (χ0) is 24.8. The van der Waals surface area contributed by atoms with E-state index in [-0.39, 0.29) is 30.3 Å². The number of hydrogen-bond donors (Lipinski definition) is 2. The SMILES string of the molecule is Cc1ccc(C)c(N(C(=O)CNC(=O)c2cccs2)[C@@H](C(=O)NC2CCCC2)c2ccccc2)c1. The van der Waals surface area contributed by atoms with E-state index >= 15 is 0 Å². The van der Waals surface area contributed by atoms with E-state index in [2.05, 4.69) is 10.6 Å². The second kappa shape index (κ2) is 11.3. The van der Waals surface area contributed by atoms with Gasteiger partial charge in [-0.25, -0.2) is 0 Å². The number of carbonyl (C=O) groups excluding carboxylic acids is 3. The van der Waals surface area contributed by atoms with Gasteiger partial charge in [-0.1, -0.05) is 61.4 Å². The summed E-state index contributed by atoms with van der Waals surface area (Å²) in [6, 6.07) is 18.0. The number of hydrogen-bond acceptors (Lipinski definition) is 4. The largest absolute Gasteiger partial charge is 0.351 e. The minimum absolute atomic E-state index is 0.114. The first-order valence-corrected chi connectivity index (χ1v) is 12.9. The van der Waals surface area contributed by atoms with Gasteiger partial charge < -0.3 is 10.6 Å². The molecule has 2 aromatic carbocycles. The molecule has 182 valence electrons. The molecule has 0 unspecified atom stereocenters. The Morgan fingerprint density at radius 2 is 1.74 bits per heavy atom. The smallest absolute Gasteiger partial charge is 0.261 e. The molecule has 2 N–H and O–H groups in total. The molecule has 0 saturated heterocycles. The van der Waals surface area contributed by atoms with Crippen LogP contribution in [0.4, 0.5) is 5.69 Å². The highest BCUT2D eigenvalue weighted by Gasteiger charge is 2.35. The molecule has 3 aromatic rings. The van der Waals surface area contributed by atoms with Crippen molar-refractivity contribution in [1.82, 2.24) is 10.6 Å². The second-order valence-electron chi connectivity index (χ2n) is 9.02. The fourth-order valence-electron chi connectivity index (χ4n) is 4.54. The van der Waals surface area contributed by atoms with Crippen LogP contribution in [0.1, 0.15) is 58.1 Å². The Morgan fingerprint density at radius 1 is 1.00 bits per heavy atom. The Hall–Kier alpha value is -3.45. The van der Waals surface area contributed by atoms with Gasteiger partial charge in [-0.2, -0.15) is 0 Å². The highest BCUT2D eigenvalue weighted by atomic mass is 32.1. The third kappa shape index (κ3) is 5.98. The van der Waals surface area contributed by atoms with Crippen molar-refractivity contribution >= 4 is 34.7 Å². The van der Waals surface area contributed by atoms with Gasteiger partial charge in [0.15, 0.2) is 0 Å². The van der Waals surface area contributed by atoms with Crippen molar-refractivity contribution in [3.63, 3.8) is 0 Å². The van der Waals surface area contributed by atoms with Crippen LogP contribution in [0.3, 0.4) is 0 Å². The van der Waals surface area contributed by atoms with Gasteiger partial charge >= 0.3 is 0 Å². The molecule has 0 aliphatic heterocycles. The lowest BCUT2D eigenvalue weighted by Gasteiger charge is -2.33. The van der Waals surface area contributed by atoms with Gasteiger partial charge in [0.05, 0.1) is 11.4 Å². The predicted octanol–water partition coefficient (Wildman–Crippen LogP) is 4.93. The maximum atomic E-state index is 13.8. The molecule has 1 atom stereocenters. The summed E-state index contributed by atoms with van der Waals surface area (Å²) in [4.78, 5) is 42.2. The van der Waals surface area contributed by atoms with E-state index in [9.17, 15) is 14.4 Å². The van der Waals surface area contributed by atoms with Crippen molar-refractivity contribution < 1.29 is 14.4 Å². The molecule has 1 aliphatic rings. The van der Waals surface area contributed by atoms with Crippen molar-refractivity contribution in [3.8, 4) is 0 Å². The minimum atomic E-state index is -0.858. The van der Waals surface area contributed by atoms with E-state index in [1.165, 1.54) is 11.3 Å². The van der Waals surface area contributed by atoms with E-state index in [1.54, 1.807) is 17.0 Å². The quantitative estimate of drug-likeness (QED) is 0.471. The summed E-state index contributed by atoms with van der Waals surface area (Å²) >= 11 is 1.32. The van der Waals surface area contributed by atoms with Crippen LogP contribution in [0.15, 0.2) is 66.0 Å². The number of carbonyl (C=O) groups is 3. The van der Waals surface area contributed by atoms with Gasteiger partial charge in [-0.05, 0) is 60.9 Å². The van der Waals surface area contributed by atoms with Crippen molar-refractivity contribution in [2.75, 3.05) is 11.4 Å². The van der Waals surface area contributed by atoms with Gasteiger partial charge in [-0.3, -0.25) is 19.3 Å². The molecule has 1 heterocycles. The Kier molecular flexibility index (Phi) is 7.98. The summed E-state index contributed by atoms with van der Waals surface area (Å²) in [6.45, 7) is 3.67. The highest BCUT2D eigenvalue weighted by molar-refractivity contribution is 7.12. The lowest BCUT2D eigenvalue weighted by Crippen LogP contribution is -2.49. The van der Waals surface area contributed by atoms with Crippen LogP contribution >= 0.6 is 11.3 Å². The monoisotopic (exact) mass is 489 g/mol. The van der Waals surface area contributed by atoms with Crippen molar-refractivity contribution in [2.24, 2.45) is 0 Å². The fraction of sp³-hybridized carbons (Fsp3) is 0.321. The summed E-state index contributed by atoms with van der Waals surface area (Å²) < 4.78 is 0. The van der Waals surface area contributed by atoms with Crippen molar-refractivity contribution in [1.29, 1.82) is 0 Å². The van der Waals surface area contributed by atoms with Gasteiger partial charge in [0.2, 0.25) is 11.8 Å². The van der Waals surface area contributed by atoms with Crippen molar-refractivity contribution in [3.05, 3.63) is 87.6 Å². The average molecular weight is 490 g/mol. The third-order valence-corrected chi connectivity index (χ3v) is 7.23. The molecular weight excluding hydrogens is 458 g/mol. The van der Waals surface area contributed by atoms with Crippen LogP contribution in [-0.4, -0.2) is 30.3 Å². The zero-order valence-electron chi connectivity index (χ0n) is 20.1. The predicted molar refractivity (Wildman–Crippen MR) is 140 cm³/mol. The van der Waals surface area contributed by atoms with Gasteiger partial charge in [0, 0.05) is 11.7 Å². The molecule has 7 heteroatoms. The Morgan fingerprint density at radius 3 is 2.43 bits per heavy atom. The number of aryl methyl sites for hydroxylation is 2. The van der Waals surface area contributed by atoms with E-state index in [0.717, 1.165) is 42.4 Å². The van der Waals surface area contributed by atoms with Crippen LogP contribution < -0.4 is 15.5 Å². The van der Waals surface area contributed by atoms with Gasteiger partial charge in [0.1, 0.15) is 6.04 Å². The molecule has 4 rings (SSSR count). The number of thiophene rings is 1. The molecule has 0 bridgehead atoms. The summed E-state index contributed by atoms with van der Waals surface area (Å²) in [7, 11) is 0. The topological polar surface area (TPSA) is 78.5 Å². The number of benzene rings is 2. The van der Waals surface area contributed by atoms with Crippen LogP contribution in [0.5, 0.6) is 0 Å². The average Bonchev–Trinajstić information content (AvgIpc) is 3.57. The first kappa shape index (κ1) is 24.7. The number of nitrogens with one attached hydrogen (secondary N) is 2. The Labute approximate surface area is 210 Å². The van der Waals surface area contributed by atoms with Crippen LogP contribution in [0, 0.1) is 13.8 Å². The lowest BCUT2D eigenvalue weighted by atomic mass is 10.0. The van der Waals surface area contributed by atoms with E-state index in [1.807, 2.05) is 67.8 Å². The maximum Gasteiger partial charge on any atom is 0.261 e. The standard InChI is InChI=1S/C28H31N3O3S/c1-19-14-15-20(2)23(17-19)31(25(32)18-29-27(33)24-13-8-16-35-24)26(21-9-4-3-5-10-21)28(34)30-22-11-6-7-12-22/h3-5,8-10,13-17,22,26H,6-7,11-12,18H2,1-2H3,(H,29,33)(H,30,34)/t26-/m1/s1. The number of rotatable bonds is 8. The molecule has 3 amide bonds. The van der Waals surface area contributed by atoms with Crippen LogP contribution in [0.2, 0.25) is 0 Å². The minimum Gasteiger partial charge on any atom is -0.351 e. The normalized spacial score (nSPS) is 14.3. The summed E-state index contributed by atoms with van der Waals surface area (Å²) in [5.41, 5.74) is 3.25. The Bertz CT molecular complexity index is 1170. The number of nitrogens with zero attached hydrogens (tertiary/aromatic N) is 1. The molecule has 1 aromatic heterocycles. The molecule has 35 heavy (non-hydrogen) atoms. The highest BCUT2D eigenvalue weighted by Crippen LogP contribution is 2.32. The van der Waals surface area contributed by atoms with Gasteiger partial charge in [-0.15, -0.1) is 11.3 Å². The molecule has 1 fully saturated rings. The molecule has 0 radical (unpaired) electrons. The first-order valence-electron chi connectivity index (χ1n) is 12.0. The summed E-state index contributed by atoms with van der Waals surface area (Å²) in [5.74, 6) is -0.859. The molecule has 1 aliphatic carbocycles. The Balaban J connectivity index is 1.70. The maximum absolute atomic E-state index is 13.8. The third-order valence-electron chi connectivity index (χ3n) is 6.36. The van der Waals surface area contributed by atoms with Crippen LogP contribution in [-0.2, 0) is 9.59 Å². The van der Waals surface area contributed by atoms with E-state index in [4.69, 9.17) is 0 Å². The molecular formula is C28H31N3O3S. The fourth-order valence-corrected chi connectivity index (χ4v) is 5.18. The van der Waals surface area contributed by atoms with E-state index in [0.29, 0.717) is 10.6 Å². The number of anilines is 1. The molecule has 1 saturated carbocycles. The summed E-state index contributed by atoms with van der Waals surface area (Å²) in [6.07, 6.45) is 4.08. The zero-order valence-corrected chi connectivity index (χ0v) is 20.9. The van der Waals surface area contributed by atoms with Crippen molar-refractivity contribution in [2.45, 2.75) is 51.6 Å². The second-order valence-corrected chi connectivity index (χ2v) is 9.96. The molecule has 0 spiro atoms.